The second kappa shape index (κ2) is 4.66. The monoisotopic (exact) mass is 171 g/mol. The standard InChI is InChI=1S/C8H13NOS/c1-3-5-10-9-8-4-6-11-7(8)2/h1,7-9H,4-6H2,2H3. The number of hydrogen-bond donors (Lipinski definition) is 1. The Bertz CT molecular complexity index is 155. The van der Waals surface area contributed by atoms with Gasteiger partial charge in [0.1, 0.15) is 6.61 Å². The number of rotatable bonds is 3. The summed E-state index contributed by atoms with van der Waals surface area (Å²) in [6.07, 6.45) is 6.20. The summed E-state index contributed by atoms with van der Waals surface area (Å²) in [5, 5.41) is 0.646. The minimum atomic E-state index is 0.355. The van der Waals surface area contributed by atoms with Crippen LogP contribution < -0.4 is 5.48 Å². The highest BCUT2D eigenvalue weighted by molar-refractivity contribution is 8.00. The lowest BCUT2D eigenvalue weighted by Gasteiger charge is -2.14. The smallest absolute Gasteiger partial charge is 0.128 e. The molecule has 2 nitrogen and oxygen atoms in total. The summed E-state index contributed by atoms with van der Waals surface area (Å²) in [4.78, 5) is 5.04. The van der Waals surface area contributed by atoms with Crippen molar-refractivity contribution < 1.29 is 4.84 Å². The maximum absolute atomic E-state index is 5.04. The molecule has 2 atom stereocenters. The highest BCUT2D eigenvalue weighted by atomic mass is 32.2. The molecule has 1 aliphatic rings. The fraction of sp³-hybridized carbons (Fsp3) is 0.750. The molecule has 0 spiro atoms. The van der Waals surface area contributed by atoms with Crippen LogP contribution in [-0.4, -0.2) is 23.7 Å². The summed E-state index contributed by atoms with van der Waals surface area (Å²) in [6, 6.07) is 0.480. The molecule has 0 aromatic rings. The summed E-state index contributed by atoms with van der Waals surface area (Å²) in [7, 11) is 0. The van der Waals surface area contributed by atoms with E-state index in [4.69, 9.17) is 11.3 Å². The minimum Gasteiger partial charge on any atom is -0.289 e. The first-order valence-corrected chi connectivity index (χ1v) is 4.82. The zero-order valence-corrected chi connectivity index (χ0v) is 7.49. The van der Waals surface area contributed by atoms with Crippen molar-refractivity contribution in [3.05, 3.63) is 0 Å². The van der Waals surface area contributed by atoms with Crippen molar-refractivity contribution in [2.24, 2.45) is 0 Å². The van der Waals surface area contributed by atoms with Crippen molar-refractivity contribution in [2.45, 2.75) is 24.6 Å². The van der Waals surface area contributed by atoms with Crippen molar-refractivity contribution in [1.82, 2.24) is 5.48 Å². The highest BCUT2D eigenvalue weighted by Crippen LogP contribution is 2.25. The predicted molar refractivity (Wildman–Crippen MR) is 48.2 cm³/mol. The van der Waals surface area contributed by atoms with E-state index in [0.29, 0.717) is 17.9 Å². The minimum absolute atomic E-state index is 0.355. The van der Waals surface area contributed by atoms with Crippen LogP contribution in [0.2, 0.25) is 0 Å². The van der Waals surface area contributed by atoms with Gasteiger partial charge in [0, 0.05) is 11.3 Å². The van der Waals surface area contributed by atoms with E-state index in [0.717, 1.165) is 0 Å². The maximum atomic E-state index is 5.04. The molecule has 0 aromatic heterocycles. The van der Waals surface area contributed by atoms with Crippen LogP contribution in [0.3, 0.4) is 0 Å². The average Bonchev–Trinajstić information content (AvgIpc) is 2.37. The van der Waals surface area contributed by atoms with E-state index >= 15 is 0 Å². The number of nitrogens with one attached hydrogen (secondary N) is 1. The Kier molecular flexibility index (Phi) is 3.78. The Morgan fingerprint density at radius 2 is 2.64 bits per heavy atom. The molecule has 1 heterocycles. The third kappa shape index (κ3) is 2.74. The van der Waals surface area contributed by atoms with E-state index in [2.05, 4.69) is 18.3 Å². The van der Waals surface area contributed by atoms with Gasteiger partial charge in [-0.1, -0.05) is 12.8 Å². The summed E-state index contributed by atoms with van der Waals surface area (Å²) < 4.78 is 0. The first-order chi connectivity index (χ1) is 5.34. The SMILES string of the molecule is C#CCONC1CCSC1C. The van der Waals surface area contributed by atoms with Gasteiger partial charge in [0.15, 0.2) is 0 Å². The topological polar surface area (TPSA) is 21.3 Å². The van der Waals surface area contributed by atoms with Gasteiger partial charge < -0.3 is 0 Å². The van der Waals surface area contributed by atoms with Crippen molar-refractivity contribution in [3.8, 4) is 12.3 Å². The number of terminal acetylenes is 1. The second-order valence-corrected chi connectivity index (χ2v) is 4.07. The van der Waals surface area contributed by atoms with Crippen molar-refractivity contribution in [1.29, 1.82) is 0 Å². The summed E-state index contributed by atoms with van der Waals surface area (Å²) >= 11 is 1.97. The van der Waals surface area contributed by atoms with Gasteiger partial charge in [-0.15, -0.1) is 6.42 Å². The molecule has 0 aromatic carbocycles. The molecule has 11 heavy (non-hydrogen) atoms. The van der Waals surface area contributed by atoms with Gasteiger partial charge >= 0.3 is 0 Å². The molecule has 0 radical (unpaired) electrons. The van der Waals surface area contributed by atoms with E-state index in [1.807, 2.05) is 11.8 Å². The number of thioether (sulfide) groups is 1. The lowest BCUT2D eigenvalue weighted by atomic mass is 10.2. The zero-order valence-electron chi connectivity index (χ0n) is 6.67. The average molecular weight is 171 g/mol. The van der Waals surface area contributed by atoms with Crippen molar-refractivity contribution >= 4 is 11.8 Å². The van der Waals surface area contributed by atoms with Gasteiger partial charge in [-0.25, -0.2) is 0 Å². The molecule has 0 aliphatic carbocycles. The molecule has 1 fully saturated rings. The Hall–Kier alpha value is -0.170. The Balaban J connectivity index is 2.11. The summed E-state index contributed by atoms with van der Waals surface area (Å²) in [5.41, 5.74) is 2.97. The molecule has 2 unspecified atom stereocenters. The maximum Gasteiger partial charge on any atom is 0.128 e. The van der Waals surface area contributed by atoms with Gasteiger partial charge in [-0.3, -0.25) is 4.84 Å². The molecule has 0 amide bonds. The second-order valence-electron chi connectivity index (χ2n) is 2.58. The molecular weight excluding hydrogens is 158 g/mol. The molecular formula is C8H13NOS. The van der Waals surface area contributed by atoms with Crippen LogP contribution in [0, 0.1) is 12.3 Å². The molecule has 1 saturated heterocycles. The summed E-state index contributed by atoms with van der Waals surface area (Å²) in [5.74, 6) is 3.64. The third-order valence-corrected chi connectivity index (χ3v) is 3.09. The van der Waals surface area contributed by atoms with Crippen molar-refractivity contribution in [2.75, 3.05) is 12.4 Å². The number of hydrogen-bond acceptors (Lipinski definition) is 3. The zero-order chi connectivity index (χ0) is 8.10. The van der Waals surface area contributed by atoms with Gasteiger partial charge in [0.05, 0.1) is 0 Å². The van der Waals surface area contributed by atoms with Gasteiger partial charge in [0.2, 0.25) is 0 Å². The predicted octanol–water partition coefficient (Wildman–Crippen LogP) is 1.03. The van der Waals surface area contributed by atoms with E-state index in [-0.39, 0.29) is 0 Å². The molecule has 3 heteroatoms. The molecule has 0 bridgehead atoms. The van der Waals surface area contributed by atoms with Crippen LogP contribution in [0.1, 0.15) is 13.3 Å². The Labute approximate surface area is 72.0 Å². The Morgan fingerprint density at radius 3 is 3.18 bits per heavy atom. The Morgan fingerprint density at radius 1 is 1.82 bits per heavy atom. The normalized spacial score (nSPS) is 30.2. The van der Waals surface area contributed by atoms with Crippen LogP contribution in [-0.2, 0) is 4.84 Å². The molecule has 1 aliphatic heterocycles. The van der Waals surface area contributed by atoms with Crippen molar-refractivity contribution in [3.63, 3.8) is 0 Å². The fourth-order valence-electron chi connectivity index (χ4n) is 1.08. The fourth-order valence-corrected chi connectivity index (χ4v) is 2.26. The lowest BCUT2D eigenvalue weighted by molar-refractivity contribution is 0.0396. The van der Waals surface area contributed by atoms with Crippen LogP contribution >= 0.6 is 11.8 Å². The van der Waals surface area contributed by atoms with E-state index in [9.17, 15) is 0 Å². The molecule has 1 rings (SSSR count). The first kappa shape index (κ1) is 8.92. The molecule has 62 valence electrons. The molecule has 1 N–H and O–H groups in total. The highest BCUT2D eigenvalue weighted by Gasteiger charge is 2.23. The largest absolute Gasteiger partial charge is 0.289 e. The van der Waals surface area contributed by atoms with Crippen LogP contribution in [0.5, 0.6) is 0 Å². The quantitative estimate of drug-likeness (QED) is 0.389. The van der Waals surface area contributed by atoms with Crippen LogP contribution in [0.4, 0.5) is 0 Å². The van der Waals surface area contributed by atoms with Gasteiger partial charge in [0.25, 0.3) is 0 Å². The number of hydroxylamine groups is 1. The lowest BCUT2D eigenvalue weighted by Crippen LogP contribution is -2.33. The van der Waals surface area contributed by atoms with E-state index < -0.39 is 0 Å². The van der Waals surface area contributed by atoms with E-state index in [1.54, 1.807) is 0 Å². The van der Waals surface area contributed by atoms with Gasteiger partial charge in [-0.05, 0) is 12.2 Å². The summed E-state index contributed by atoms with van der Waals surface area (Å²) in [6.45, 7) is 2.56. The third-order valence-electron chi connectivity index (χ3n) is 1.77. The van der Waals surface area contributed by atoms with E-state index in [1.165, 1.54) is 12.2 Å². The first-order valence-electron chi connectivity index (χ1n) is 3.77. The van der Waals surface area contributed by atoms with Gasteiger partial charge in [-0.2, -0.15) is 17.2 Å². The van der Waals surface area contributed by atoms with Crippen LogP contribution in [0.15, 0.2) is 0 Å². The molecule has 0 saturated carbocycles. The van der Waals surface area contributed by atoms with Crippen LogP contribution in [0.25, 0.3) is 0 Å².